The van der Waals surface area contributed by atoms with Crippen LogP contribution in [-0.4, -0.2) is 25.7 Å². The fourth-order valence-electron chi connectivity index (χ4n) is 1.39. The lowest BCUT2D eigenvalue weighted by molar-refractivity contribution is 0.412. The Balaban J connectivity index is 2.34. The predicted octanol–water partition coefficient (Wildman–Crippen LogP) is 3.30. The van der Waals surface area contributed by atoms with Crippen molar-refractivity contribution >= 4 is 27.7 Å². The molecule has 0 saturated heterocycles. The fraction of sp³-hybridized carbons (Fsp3) is 0.500. The quantitative estimate of drug-likeness (QED) is 0.781. The number of nitrogens with one attached hydrogen (secondary N) is 1. The number of hydrogen-bond acceptors (Lipinski definition) is 3. The van der Waals surface area contributed by atoms with E-state index >= 15 is 0 Å². The molecule has 0 atom stereocenters. The van der Waals surface area contributed by atoms with Crippen LogP contribution in [0.15, 0.2) is 22.7 Å². The SMILES string of the molecule is COc1ccc(CNCCCSC)cc1Br. The van der Waals surface area contributed by atoms with Crippen molar-refractivity contribution in [2.45, 2.75) is 13.0 Å². The summed E-state index contributed by atoms with van der Waals surface area (Å²) < 4.78 is 6.20. The second-order valence-electron chi connectivity index (χ2n) is 3.49. The molecular formula is C12H18BrNOS. The lowest BCUT2D eigenvalue weighted by atomic mass is 10.2. The van der Waals surface area contributed by atoms with Crippen molar-refractivity contribution in [1.29, 1.82) is 0 Å². The normalized spacial score (nSPS) is 10.4. The highest BCUT2D eigenvalue weighted by Crippen LogP contribution is 2.25. The average molecular weight is 304 g/mol. The Morgan fingerprint density at radius 3 is 2.88 bits per heavy atom. The van der Waals surface area contributed by atoms with E-state index in [0.717, 1.165) is 23.3 Å². The molecule has 0 amide bonds. The van der Waals surface area contributed by atoms with Gasteiger partial charge in [0, 0.05) is 6.54 Å². The number of benzene rings is 1. The van der Waals surface area contributed by atoms with E-state index in [1.807, 2.05) is 17.8 Å². The largest absolute Gasteiger partial charge is 0.496 e. The summed E-state index contributed by atoms with van der Waals surface area (Å²) >= 11 is 5.38. The number of hydrogen-bond donors (Lipinski definition) is 1. The van der Waals surface area contributed by atoms with E-state index in [-0.39, 0.29) is 0 Å². The van der Waals surface area contributed by atoms with E-state index in [4.69, 9.17) is 4.74 Å². The minimum absolute atomic E-state index is 0.881. The Labute approximate surface area is 110 Å². The molecule has 0 radical (unpaired) electrons. The summed E-state index contributed by atoms with van der Waals surface area (Å²) in [5.74, 6) is 2.10. The summed E-state index contributed by atoms with van der Waals surface area (Å²) in [6.07, 6.45) is 3.36. The maximum absolute atomic E-state index is 5.19. The van der Waals surface area contributed by atoms with E-state index in [1.165, 1.54) is 17.7 Å². The maximum Gasteiger partial charge on any atom is 0.133 e. The van der Waals surface area contributed by atoms with Crippen molar-refractivity contribution < 1.29 is 4.74 Å². The van der Waals surface area contributed by atoms with E-state index in [9.17, 15) is 0 Å². The third-order valence-corrected chi connectivity index (χ3v) is 3.56. The van der Waals surface area contributed by atoms with Gasteiger partial charge in [-0.1, -0.05) is 6.07 Å². The van der Waals surface area contributed by atoms with Crippen LogP contribution >= 0.6 is 27.7 Å². The van der Waals surface area contributed by atoms with Crippen molar-refractivity contribution in [3.05, 3.63) is 28.2 Å². The summed E-state index contributed by atoms with van der Waals surface area (Å²) in [6.45, 7) is 1.99. The Kier molecular flexibility index (Phi) is 6.92. The lowest BCUT2D eigenvalue weighted by Crippen LogP contribution is -2.15. The number of ether oxygens (including phenoxy) is 1. The number of halogens is 1. The van der Waals surface area contributed by atoms with Gasteiger partial charge in [0.25, 0.3) is 0 Å². The Morgan fingerprint density at radius 1 is 1.44 bits per heavy atom. The molecule has 0 aromatic heterocycles. The fourth-order valence-corrected chi connectivity index (χ4v) is 2.42. The topological polar surface area (TPSA) is 21.3 Å². The highest BCUT2D eigenvalue weighted by atomic mass is 79.9. The van der Waals surface area contributed by atoms with Crippen LogP contribution in [-0.2, 0) is 6.54 Å². The van der Waals surface area contributed by atoms with Gasteiger partial charge in [0.2, 0.25) is 0 Å². The van der Waals surface area contributed by atoms with E-state index in [0.29, 0.717) is 0 Å². The molecule has 1 aromatic carbocycles. The zero-order valence-electron chi connectivity index (χ0n) is 9.75. The summed E-state index contributed by atoms with van der Waals surface area (Å²) in [6, 6.07) is 6.18. The van der Waals surface area contributed by atoms with Crippen LogP contribution < -0.4 is 10.1 Å². The lowest BCUT2D eigenvalue weighted by Gasteiger charge is -2.07. The standard InChI is InChI=1S/C12H18BrNOS/c1-15-12-5-4-10(8-11(12)13)9-14-6-3-7-16-2/h4-5,8,14H,3,6-7,9H2,1-2H3. The smallest absolute Gasteiger partial charge is 0.133 e. The molecule has 0 aliphatic heterocycles. The van der Waals surface area contributed by atoms with Crippen molar-refractivity contribution in [1.82, 2.24) is 5.32 Å². The molecule has 16 heavy (non-hydrogen) atoms. The van der Waals surface area contributed by atoms with Crippen LogP contribution in [0, 0.1) is 0 Å². The Bertz CT molecular complexity index is 320. The van der Waals surface area contributed by atoms with Crippen LogP contribution in [0.5, 0.6) is 5.75 Å². The zero-order chi connectivity index (χ0) is 11.8. The summed E-state index contributed by atoms with van der Waals surface area (Å²) in [5.41, 5.74) is 1.27. The molecule has 1 aromatic rings. The minimum Gasteiger partial charge on any atom is -0.496 e. The first-order valence-corrected chi connectivity index (χ1v) is 7.48. The molecule has 0 aliphatic rings. The van der Waals surface area contributed by atoms with Crippen LogP contribution in [0.25, 0.3) is 0 Å². The molecule has 0 saturated carbocycles. The Hall–Kier alpha value is -0.190. The molecule has 0 heterocycles. The first kappa shape index (κ1) is 13.9. The van der Waals surface area contributed by atoms with Gasteiger partial charge in [-0.15, -0.1) is 0 Å². The highest BCUT2D eigenvalue weighted by molar-refractivity contribution is 9.10. The highest BCUT2D eigenvalue weighted by Gasteiger charge is 2.00. The Morgan fingerprint density at radius 2 is 2.25 bits per heavy atom. The van der Waals surface area contributed by atoms with Crippen LogP contribution in [0.3, 0.4) is 0 Å². The molecule has 1 rings (SSSR count). The van der Waals surface area contributed by atoms with Gasteiger partial charge in [-0.2, -0.15) is 11.8 Å². The van der Waals surface area contributed by atoms with Gasteiger partial charge >= 0.3 is 0 Å². The van der Waals surface area contributed by atoms with Crippen LogP contribution in [0.4, 0.5) is 0 Å². The molecule has 0 bridgehead atoms. The van der Waals surface area contributed by atoms with Gasteiger partial charge < -0.3 is 10.1 Å². The second-order valence-corrected chi connectivity index (χ2v) is 5.33. The number of methoxy groups -OCH3 is 1. The summed E-state index contributed by atoms with van der Waals surface area (Å²) in [5, 5.41) is 3.43. The summed E-state index contributed by atoms with van der Waals surface area (Å²) in [4.78, 5) is 0. The third-order valence-electron chi connectivity index (χ3n) is 2.25. The molecular weight excluding hydrogens is 286 g/mol. The maximum atomic E-state index is 5.19. The van der Waals surface area contributed by atoms with E-state index < -0.39 is 0 Å². The van der Waals surface area contributed by atoms with Gasteiger partial charge in [-0.25, -0.2) is 0 Å². The monoisotopic (exact) mass is 303 g/mol. The molecule has 0 fully saturated rings. The van der Waals surface area contributed by atoms with Crippen molar-refractivity contribution in [2.75, 3.05) is 25.7 Å². The van der Waals surface area contributed by atoms with Crippen molar-refractivity contribution in [3.63, 3.8) is 0 Å². The first-order valence-electron chi connectivity index (χ1n) is 5.30. The zero-order valence-corrected chi connectivity index (χ0v) is 12.2. The van der Waals surface area contributed by atoms with E-state index in [1.54, 1.807) is 7.11 Å². The molecule has 0 aliphatic carbocycles. The third kappa shape index (κ3) is 4.76. The van der Waals surface area contributed by atoms with Gasteiger partial charge in [0.05, 0.1) is 11.6 Å². The second kappa shape index (κ2) is 7.98. The predicted molar refractivity (Wildman–Crippen MR) is 75.4 cm³/mol. The van der Waals surface area contributed by atoms with Crippen LogP contribution in [0.2, 0.25) is 0 Å². The number of rotatable bonds is 7. The van der Waals surface area contributed by atoms with Crippen molar-refractivity contribution in [2.24, 2.45) is 0 Å². The van der Waals surface area contributed by atoms with Crippen LogP contribution in [0.1, 0.15) is 12.0 Å². The van der Waals surface area contributed by atoms with Gasteiger partial charge in [0.15, 0.2) is 0 Å². The minimum atomic E-state index is 0.881. The average Bonchev–Trinajstić information content (AvgIpc) is 2.29. The van der Waals surface area contributed by atoms with Gasteiger partial charge in [0.1, 0.15) is 5.75 Å². The molecule has 4 heteroatoms. The molecule has 90 valence electrons. The van der Waals surface area contributed by atoms with Gasteiger partial charge in [-0.05, 0) is 58.6 Å². The molecule has 0 spiro atoms. The van der Waals surface area contributed by atoms with E-state index in [2.05, 4.69) is 39.6 Å². The molecule has 0 unspecified atom stereocenters. The molecule has 1 N–H and O–H groups in total. The van der Waals surface area contributed by atoms with Gasteiger partial charge in [-0.3, -0.25) is 0 Å². The first-order chi connectivity index (χ1) is 7.77. The summed E-state index contributed by atoms with van der Waals surface area (Å²) in [7, 11) is 1.68. The number of thioether (sulfide) groups is 1. The molecule has 2 nitrogen and oxygen atoms in total. The van der Waals surface area contributed by atoms with Crippen molar-refractivity contribution in [3.8, 4) is 5.75 Å².